The van der Waals surface area contributed by atoms with E-state index in [4.69, 9.17) is 21.8 Å². The van der Waals surface area contributed by atoms with Crippen molar-refractivity contribution in [1.29, 1.82) is 0 Å². The quantitative estimate of drug-likeness (QED) is 0.851. The summed E-state index contributed by atoms with van der Waals surface area (Å²) in [4.78, 5) is 0. The van der Waals surface area contributed by atoms with Crippen LogP contribution in [0, 0.1) is 0 Å². The summed E-state index contributed by atoms with van der Waals surface area (Å²) >= 11 is 12.7. The lowest BCUT2D eigenvalue weighted by Crippen LogP contribution is -2.11. The van der Waals surface area contributed by atoms with Crippen molar-refractivity contribution in [3.05, 3.63) is 55.8 Å². The summed E-state index contributed by atoms with van der Waals surface area (Å²) < 4.78 is 6.99. The predicted molar refractivity (Wildman–Crippen MR) is 71.6 cm³/mol. The molecule has 0 saturated heterocycles. The Morgan fingerprint density at radius 3 is 2.50 bits per heavy atom. The largest absolute Gasteiger partial charge is 0.452 e. The molecule has 1 aromatic heterocycles. The van der Waals surface area contributed by atoms with E-state index in [9.17, 15) is 0 Å². The van der Waals surface area contributed by atoms with Gasteiger partial charge in [0.1, 0.15) is 5.76 Å². The van der Waals surface area contributed by atoms with Crippen LogP contribution in [0.1, 0.15) is 17.4 Å². The molecule has 0 saturated carbocycles. The van der Waals surface area contributed by atoms with Crippen LogP contribution in [0.2, 0.25) is 5.02 Å². The Balaban J connectivity index is 2.37. The molecule has 2 rings (SSSR count). The van der Waals surface area contributed by atoms with Gasteiger partial charge >= 0.3 is 0 Å². The van der Waals surface area contributed by atoms with Crippen LogP contribution in [0.25, 0.3) is 0 Å². The Morgan fingerprint density at radius 2 is 1.94 bits per heavy atom. The molecule has 16 heavy (non-hydrogen) atoms. The Hall–Kier alpha value is -0.290. The van der Waals surface area contributed by atoms with Gasteiger partial charge in [-0.3, -0.25) is 0 Å². The van der Waals surface area contributed by atoms with Crippen LogP contribution < -0.4 is 5.73 Å². The van der Waals surface area contributed by atoms with Gasteiger partial charge < -0.3 is 10.2 Å². The minimum Gasteiger partial charge on any atom is -0.452 e. The number of rotatable bonds is 2. The number of furan rings is 1. The lowest BCUT2D eigenvalue weighted by Gasteiger charge is -2.11. The maximum Gasteiger partial charge on any atom is 0.169 e. The van der Waals surface area contributed by atoms with Gasteiger partial charge in [-0.2, -0.15) is 0 Å². The highest BCUT2D eigenvalue weighted by Crippen LogP contribution is 2.30. The lowest BCUT2D eigenvalue weighted by molar-refractivity contribution is 0.470. The zero-order chi connectivity index (χ0) is 11.7. The fourth-order valence-corrected chi connectivity index (χ4v) is 2.51. The second-order valence-corrected chi connectivity index (χ2v) is 5.39. The molecule has 2 N–H and O–H groups in total. The molecule has 1 heterocycles. The van der Waals surface area contributed by atoms with Gasteiger partial charge in [0.25, 0.3) is 0 Å². The fraction of sp³-hybridized carbons (Fsp3) is 0.0909. The maximum absolute atomic E-state index is 6.12. The van der Waals surface area contributed by atoms with E-state index in [1.165, 1.54) is 0 Å². The van der Waals surface area contributed by atoms with E-state index >= 15 is 0 Å². The standard InChI is InChI=1S/C11H8Br2ClNO/c12-6-1-2-7(8(14)5-6)11(15)9-3-4-10(13)16-9/h1-5,11H,15H2. The van der Waals surface area contributed by atoms with Crippen LogP contribution in [0.5, 0.6) is 0 Å². The van der Waals surface area contributed by atoms with Gasteiger partial charge in [0.15, 0.2) is 4.67 Å². The molecular weight excluding hydrogens is 357 g/mol. The second kappa shape index (κ2) is 4.92. The van der Waals surface area contributed by atoms with Crippen LogP contribution in [-0.4, -0.2) is 0 Å². The fourth-order valence-electron chi connectivity index (χ4n) is 1.40. The van der Waals surface area contributed by atoms with Crippen molar-refractivity contribution in [2.75, 3.05) is 0 Å². The summed E-state index contributed by atoms with van der Waals surface area (Å²) in [5.41, 5.74) is 6.91. The first-order valence-electron chi connectivity index (χ1n) is 4.53. The monoisotopic (exact) mass is 363 g/mol. The third-order valence-electron chi connectivity index (χ3n) is 2.20. The first-order valence-corrected chi connectivity index (χ1v) is 6.50. The van der Waals surface area contributed by atoms with Crippen molar-refractivity contribution in [3.63, 3.8) is 0 Å². The molecule has 0 aliphatic carbocycles. The lowest BCUT2D eigenvalue weighted by atomic mass is 10.1. The number of benzene rings is 1. The van der Waals surface area contributed by atoms with E-state index in [0.717, 1.165) is 10.0 Å². The minimum absolute atomic E-state index is 0.355. The number of nitrogens with two attached hydrogens (primary N) is 1. The van der Waals surface area contributed by atoms with Crippen molar-refractivity contribution in [2.45, 2.75) is 6.04 Å². The average molecular weight is 365 g/mol. The highest BCUT2D eigenvalue weighted by Gasteiger charge is 2.15. The Kier molecular flexibility index (Phi) is 3.74. The molecule has 0 aliphatic heterocycles. The molecule has 2 aromatic rings. The summed E-state index contributed by atoms with van der Waals surface area (Å²) in [6, 6.07) is 8.88. The number of hydrogen-bond acceptors (Lipinski definition) is 2. The van der Waals surface area contributed by atoms with Gasteiger partial charge in [-0.25, -0.2) is 0 Å². The van der Waals surface area contributed by atoms with Gasteiger partial charge in [-0.15, -0.1) is 0 Å². The second-order valence-electron chi connectivity index (χ2n) is 3.29. The van der Waals surface area contributed by atoms with E-state index in [-0.39, 0.29) is 6.04 Å². The molecule has 0 amide bonds. The van der Waals surface area contributed by atoms with Crippen molar-refractivity contribution in [3.8, 4) is 0 Å². The van der Waals surface area contributed by atoms with E-state index < -0.39 is 0 Å². The van der Waals surface area contributed by atoms with E-state index in [1.807, 2.05) is 30.3 Å². The Morgan fingerprint density at radius 1 is 1.19 bits per heavy atom. The predicted octanol–water partition coefficient (Wildman–Crippen LogP) is 4.51. The van der Waals surface area contributed by atoms with Crippen LogP contribution in [0.3, 0.4) is 0 Å². The van der Waals surface area contributed by atoms with Gasteiger partial charge in [-0.1, -0.05) is 33.6 Å². The first kappa shape index (κ1) is 12.2. The molecule has 2 nitrogen and oxygen atoms in total. The van der Waals surface area contributed by atoms with Gasteiger partial charge in [0.2, 0.25) is 0 Å². The van der Waals surface area contributed by atoms with Crippen LogP contribution in [0.4, 0.5) is 0 Å². The van der Waals surface area contributed by atoms with E-state index in [1.54, 1.807) is 0 Å². The van der Waals surface area contributed by atoms with Crippen molar-refractivity contribution < 1.29 is 4.42 Å². The summed E-state index contributed by atoms with van der Waals surface area (Å²) in [6.07, 6.45) is 0. The molecule has 0 bridgehead atoms. The molecule has 1 atom stereocenters. The normalized spacial score (nSPS) is 12.8. The Labute approximate surface area is 115 Å². The summed E-state index contributed by atoms with van der Waals surface area (Å²) in [5.74, 6) is 0.677. The number of hydrogen-bond donors (Lipinski definition) is 1. The molecule has 5 heteroatoms. The minimum atomic E-state index is -0.355. The van der Waals surface area contributed by atoms with Crippen molar-refractivity contribution >= 4 is 43.5 Å². The van der Waals surface area contributed by atoms with Crippen molar-refractivity contribution in [2.24, 2.45) is 5.73 Å². The van der Waals surface area contributed by atoms with Gasteiger partial charge in [0, 0.05) is 9.50 Å². The molecule has 1 unspecified atom stereocenters. The summed E-state index contributed by atoms with van der Waals surface area (Å²) in [5, 5.41) is 0.620. The van der Waals surface area contributed by atoms with Crippen LogP contribution >= 0.6 is 43.5 Å². The maximum atomic E-state index is 6.12. The average Bonchev–Trinajstić information content (AvgIpc) is 2.64. The van der Waals surface area contributed by atoms with Gasteiger partial charge in [-0.05, 0) is 45.8 Å². The Bertz CT molecular complexity index is 512. The molecule has 0 spiro atoms. The third kappa shape index (κ3) is 2.51. The zero-order valence-electron chi connectivity index (χ0n) is 8.08. The third-order valence-corrected chi connectivity index (χ3v) is 3.44. The number of halogens is 3. The smallest absolute Gasteiger partial charge is 0.169 e. The van der Waals surface area contributed by atoms with Crippen LogP contribution in [-0.2, 0) is 0 Å². The van der Waals surface area contributed by atoms with Crippen LogP contribution in [0.15, 0.2) is 43.9 Å². The molecule has 0 radical (unpaired) electrons. The highest BCUT2D eigenvalue weighted by atomic mass is 79.9. The molecular formula is C11H8Br2ClNO. The molecule has 84 valence electrons. The summed E-state index contributed by atoms with van der Waals surface area (Å²) in [6.45, 7) is 0. The molecule has 0 fully saturated rings. The first-order chi connectivity index (χ1) is 7.58. The molecule has 0 aliphatic rings. The van der Waals surface area contributed by atoms with Gasteiger partial charge in [0.05, 0.1) is 6.04 Å². The topological polar surface area (TPSA) is 39.2 Å². The highest BCUT2D eigenvalue weighted by molar-refractivity contribution is 9.10. The molecule has 1 aromatic carbocycles. The van der Waals surface area contributed by atoms with E-state index in [0.29, 0.717) is 15.5 Å². The SMILES string of the molecule is NC(c1ccc(Br)o1)c1ccc(Br)cc1Cl. The van der Waals surface area contributed by atoms with E-state index in [2.05, 4.69) is 31.9 Å². The summed E-state index contributed by atoms with van der Waals surface area (Å²) in [7, 11) is 0. The zero-order valence-corrected chi connectivity index (χ0v) is 12.0. The van der Waals surface area contributed by atoms with Crippen molar-refractivity contribution in [1.82, 2.24) is 0 Å².